The van der Waals surface area contributed by atoms with Crippen LogP contribution in [0.3, 0.4) is 0 Å². The molecule has 0 radical (unpaired) electrons. The van der Waals surface area contributed by atoms with Crippen LogP contribution in [0, 0.1) is 0 Å². The number of amides is 1. The lowest BCUT2D eigenvalue weighted by Gasteiger charge is -2.09. The van der Waals surface area contributed by atoms with E-state index in [-0.39, 0.29) is 11.7 Å². The van der Waals surface area contributed by atoms with E-state index in [0.717, 1.165) is 16.8 Å². The summed E-state index contributed by atoms with van der Waals surface area (Å²) in [6.07, 6.45) is 1.54. The number of fused-ring (bicyclic) bond motifs is 1. The number of hydrogen-bond donors (Lipinski definition) is 1. The van der Waals surface area contributed by atoms with Gasteiger partial charge in [0.25, 0.3) is 11.1 Å². The maximum absolute atomic E-state index is 12.0. The van der Waals surface area contributed by atoms with Crippen LogP contribution in [0.25, 0.3) is 11.1 Å². The molecule has 7 nitrogen and oxygen atoms in total. The number of oxazole rings is 1. The van der Waals surface area contributed by atoms with Crippen LogP contribution in [0.1, 0.15) is 19.4 Å². The second-order valence-corrected chi connectivity index (χ2v) is 6.52. The lowest BCUT2D eigenvalue weighted by Crippen LogP contribution is -2.19. The molecule has 1 heterocycles. The molecule has 0 aliphatic heterocycles. The summed E-state index contributed by atoms with van der Waals surface area (Å²) in [5, 5.41) is 4.45. The summed E-state index contributed by atoms with van der Waals surface area (Å²) in [6, 6.07) is 12.9. The number of benzene rings is 2. The Balaban J connectivity index is 1.55. The van der Waals surface area contributed by atoms with Gasteiger partial charge in [-0.15, -0.1) is 0 Å². The minimum atomic E-state index is -0.257. The van der Waals surface area contributed by atoms with E-state index >= 15 is 0 Å². The van der Waals surface area contributed by atoms with Crippen LogP contribution in [0.5, 0.6) is 11.5 Å². The number of aromatic nitrogens is 1. The van der Waals surface area contributed by atoms with E-state index in [2.05, 4.69) is 15.5 Å². The Bertz CT molecular complexity index is 938. The summed E-state index contributed by atoms with van der Waals surface area (Å²) in [5.41, 5.74) is 4.71. The predicted molar refractivity (Wildman–Crippen MR) is 109 cm³/mol. The first kappa shape index (κ1) is 19.8. The van der Waals surface area contributed by atoms with Crippen molar-refractivity contribution in [2.75, 3.05) is 19.0 Å². The molecule has 1 amide bonds. The van der Waals surface area contributed by atoms with Gasteiger partial charge in [0, 0.05) is 11.6 Å². The Labute approximate surface area is 167 Å². The molecule has 3 rings (SSSR count). The van der Waals surface area contributed by atoms with Gasteiger partial charge >= 0.3 is 0 Å². The summed E-state index contributed by atoms with van der Waals surface area (Å²) < 4.78 is 16.7. The van der Waals surface area contributed by atoms with Crippen LogP contribution in [-0.4, -0.2) is 36.1 Å². The molecule has 1 N–H and O–H groups in total. The third-order valence-electron chi connectivity index (χ3n) is 3.59. The van der Waals surface area contributed by atoms with Crippen LogP contribution >= 0.6 is 11.8 Å². The highest BCUT2D eigenvalue weighted by atomic mass is 32.2. The molecule has 0 atom stereocenters. The Kier molecular flexibility index (Phi) is 6.91. The molecule has 8 heteroatoms. The number of para-hydroxylation sites is 2. The summed E-state index contributed by atoms with van der Waals surface area (Å²) in [7, 11) is 0. The first-order valence-corrected chi connectivity index (χ1v) is 9.88. The molecule has 0 unspecified atom stereocenters. The molecule has 146 valence electrons. The second-order valence-electron chi connectivity index (χ2n) is 5.60. The second kappa shape index (κ2) is 9.80. The molecular formula is C20H21N3O4S. The van der Waals surface area contributed by atoms with E-state index < -0.39 is 0 Å². The molecule has 1 aromatic heterocycles. The van der Waals surface area contributed by atoms with Crippen molar-refractivity contribution in [3.05, 3.63) is 48.0 Å². The quantitative estimate of drug-likeness (QED) is 0.334. The van der Waals surface area contributed by atoms with Gasteiger partial charge < -0.3 is 13.9 Å². The summed E-state index contributed by atoms with van der Waals surface area (Å²) in [5.74, 6) is 1.26. The Hall–Kier alpha value is -3.00. The van der Waals surface area contributed by atoms with Crippen LogP contribution < -0.4 is 14.9 Å². The average molecular weight is 399 g/mol. The van der Waals surface area contributed by atoms with E-state index in [4.69, 9.17) is 13.9 Å². The zero-order chi connectivity index (χ0) is 19.8. The Morgan fingerprint density at radius 3 is 2.82 bits per heavy atom. The maximum atomic E-state index is 12.0. The van der Waals surface area contributed by atoms with Crippen LogP contribution in [0.4, 0.5) is 0 Å². The minimum absolute atomic E-state index is 0.145. The zero-order valence-corrected chi connectivity index (χ0v) is 16.5. The topological polar surface area (TPSA) is 86.0 Å². The molecule has 0 aliphatic rings. The molecule has 0 saturated carbocycles. The summed E-state index contributed by atoms with van der Waals surface area (Å²) >= 11 is 1.21. The lowest BCUT2D eigenvalue weighted by molar-refractivity contribution is -0.118. The number of nitrogens with zero attached hydrogens (tertiary/aromatic N) is 2. The van der Waals surface area contributed by atoms with Gasteiger partial charge in [-0.1, -0.05) is 23.9 Å². The SMILES string of the molecule is CCOc1ccc(C=NNC(=O)CSc2nc3ccccc3o2)c(OCC)c1. The van der Waals surface area contributed by atoms with E-state index in [0.29, 0.717) is 29.8 Å². The van der Waals surface area contributed by atoms with Gasteiger partial charge in [0.05, 0.1) is 25.2 Å². The number of nitrogens with one attached hydrogen (secondary N) is 1. The molecule has 3 aromatic rings. The Morgan fingerprint density at radius 2 is 2.04 bits per heavy atom. The molecule has 0 spiro atoms. The molecule has 2 aromatic carbocycles. The fourth-order valence-corrected chi connectivity index (χ4v) is 3.04. The largest absolute Gasteiger partial charge is 0.494 e. The number of carbonyl (C=O) groups excluding carboxylic acids is 1. The average Bonchev–Trinajstić information content (AvgIpc) is 3.11. The van der Waals surface area contributed by atoms with E-state index in [9.17, 15) is 4.79 Å². The van der Waals surface area contributed by atoms with Crippen molar-refractivity contribution < 1.29 is 18.7 Å². The predicted octanol–water partition coefficient (Wildman–Crippen LogP) is 3.87. The summed E-state index contributed by atoms with van der Waals surface area (Å²) in [4.78, 5) is 16.3. The van der Waals surface area contributed by atoms with Crippen LogP contribution in [0.15, 0.2) is 57.2 Å². The maximum Gasteiger partial charge on any atom is 0.257 e. The first-order chi connectivity index (χ1) is 13.7. The zero-order valence-electron chi connectivity index (χ0n) is 15.7. The van der Waals surface area contributed by atoms with Crippen molar-refractivity contribution in [2.45, 2.75) is 19.1 Å². The number of carbonyl (C=O) groups is 1. The van der Waals surface area contributed by atoms with Gasteiger partial charge in [-0.2, -0.15) is 5.10 Å². The highest BCUT2D eigenvalue weighted by Crippen LogP contribution is 2.24. The van der Waals surface area contributed by atoms with Gasteiger partial charge in [0.2, 0.25) is 0 Å². The lowest BCUT2D eigenvalue weighted by atomic mass is 10.2. The fraction of sp³-hybridized carbons (Fsp3) is 0.250. The summed E-state index contributed by atoms with van der Waals surface area (Å²) in [6.45, 7) is 4.92. The number of hydrogen-bond acceptors (Lipinski definition) is 7. The normalized spacial score (nSPS) is 11.1. The number of hydrazone groups is 1. The molecule has 0 saturated heterocycles. The van der Waals surface area contributed by atoms with Crippen LogP contribution in [-0.2, 0) is 4.79 Å². The van der Waals surface area contributed by atoms with Crippen LogP contribution in [0.2, 0.25) is 0 Å². The molecule has 0 fully saturated rings. The third kappa shape index (κ3) is 5.26. The molecule has 28 heavy (non-hydrogen) atoms. The highest BCUT2D eigenvalue weighted by Gasteiger charge is 2.09. The molecule has 0 aliphatic carbocycles. The third-order valence-corrected chi connectivity index (χ3v) is 4.42. The van der Waals surface area contributed by atoms with Crippen molar-refractivity contribution in [1.82, 2.24) is 10.4 Å². The van der Waals surface area contributed by atoms with Crippen molar-refractivity contribution >= 4 is 35.0 Å². The first-order valence-electron chi connectivity index (χ1n) is 8.89. The van der Waals surface area contributed by atoms with E-state index in [1.807, 2.05) is 50.2 Å². The van der Waals surface area contributed by atoms with Crippen molar-refractivity contribution in [1.29, 1.82) is 0 Å². The van der Waals surface area contributed by atoms with E-state index in [1.54, 1.807) is 12.3 Å². The van der Waals surface area contributed by atoms with Gasteiger partial charge in [-0.3, -0.25) is 4.79 Å². The molecular weight excluding hydrogens is 378 g/mol. The standard InChI is InChI=1S/C20H21N3O4S/c1-3-25-15-10-9-14(18(11-15)26-4-2)12-21-23-19(24)13-28-20-22-16-7-5-6-8-17(16)27-20/h5-12H,3-4,13H2,1-2H3,(H,23,24). The van der Waals surface area contributed by atoms with E-state index in [1.165, 1.54) is 11.8 Å². The number of ether oxygens (including phenoxy) is 2. The van der Waals surface area contributed by atoms with Crippen molar-refractivity contribution in [2.24, 2.45) is 5.10 Å². The van der Waals surface area contributed by atoms with Gasteiger partial charge in [0.15, 0.2) is 5.58 Å². The van der Waals surface area contributed by atoms with Gasteiger partial charge in [-0.05, 0) is 38.1 Å². The van der Waals surface area contributed by atoms with Crippen molar-refractivity contribution in [3.63, 3.8) is 0 Å². The van der Waals surface area contributed by atoms with Gasteiger partial charge in [0.1, 0.15) is 17.0 Å². The monoisotopic (exact) mass is 399 g/mol. The van der Waals surface area contributed by atoms with Gasteiger partial charge in [-0.25, -0.2) is 10.4 Å². The minimum Gasteiger partial charge on any atom is -0.494 e. The number of rotatable bonds is 9. The smallest absolute Gasteiger partial charge is 0.257 e. The molecule has 0 bridgehead atoms. The number of thioether (sulfide) groups is 1. The fourth-order valence-electron chi connectivity index (χ4n) is 2.40. The highest BCUT2D eigenvalue weighted by molar-refractivity contribution is 7.99. The Morgan fingerprint density at radius 1 is 1.21 bits per heavy atom. The van der Waals surface area contributed by atoms with Crippen molar-refractivity contribution in [3.8, 4) is 11.5 Å².